The van der Waals surface area contributed by atoms with Crippen molar-refractivity contribution in [3.05, 3.63) is 88.1 Å². The quantitative estimate of drug-likeness (QED) is 0.497. The van der Waals surface area contributed by atoms with E-state index in [1.807, 2.05) is 48.7 Å². The van der Waals surface area contributed by atoms with Crippen LogP contribution >= 0.6 is 11.6 Å². The number of hydrogen-bond acceptors (Lipinski definition) is 3. The summed E-state index contributed by atoms with van der Waals surface area (Å²) in [7, 11) is 0. The van der Waals surface area contributed by atoms with Gasteiger partial charge in [0.15, 0.2) is 0 Å². The van der Waals surface area contributed by atoms with Crippen LogP contribution in [0, 0.1) is 0 Å². The monoisotopic (exact) mass is 432 g/mol. The number of nitrogens with one attached hydrogen (secondary N) is 1. The number of rotatable bonds is 6. The highest BCUT2D eigenvalue weighted by Crippen LogP contribution is 2.34. The van der Waals surface area contributed by atoms with Crippen LogP contribution in [0.15, 0.2) is 71.9 Å². The molecule has 31 heavy (non-hydrogen) atoms. The van der Waals surface area contributed by atoms with Crippen LogP contribution in [0.1, 0.15) is 24.4 Å². The topological polar surface area (TPSA) is 68.9 Å². The number of fused-ring (bicyclic) bond motifs is 1. The van der Waals surface area contributed by atoms with E-state index in [2.05, 4.69) is 10.3 Å². The molecule has 0 bridgehead atoms. The van der Waals surface area contributed by atoms with E-state index >= 15 is 0 Å². The molecule has 1 aliphatic carbocycles. The van der Waals surface area contributed by atoms with Crippen molar-refractivity contribution in [2.45, 2.75) is 32.0 Å². The van der Waals surface area contributed by atoms with Gasteiger partial charge in [0.05, 0.1) is 6.33 Å². The molecular formula is C24H21ClN4O2. The summed E-state index contributed by atoms with van der Waals surface area (Å²) < 4.78 is 3.42. The number of halogens is 1. The van der Waals surface area contributed by atoms with Crippen LogP contribution in [0.3, 0.4) is 0 Å². The van der Waals surface area contributed by atoms with Gasteiger partial charge in [0.2, 0.25) is 5.91 Å². The standard InChI is InChI=1S/C24H21ClN4O2/c25-18-8-6-16(7-9-18)12-26-21(30)14-28-13-20(17-4-2-1-3-5-17)22-23(28)24(31)29(15-27-22)19-10-11-19/h1-9,13,15,19H,10-12,14H2,(H,26,30). The summed E-state index contributed by atoms with van der Waals surface area (Å²) in [6, 6.07) is 17.3. The maximum atomic E-state index is 13.2. The zero-order chi connectivity index (χ0) is 21.4. The predicted molar refractivity (Wildman–Crippen MR) is 121 cm³/mol. The minimum absolute atomic E-state index is 0.0442. The third kappa shape index (κ3) is 3.99. The Morgan fingerprint density at radius 1 is 1.10 bits per heavy atom. The van der Waals surface area contributed by atoms with Crippen molar-refractivity contribution >= 4 is 28.5 Å². The molecule has 6 nitrogen and oxygen atoms in total. The maximum Gasteiger partial charge on any atom is 0.278 e. The van der Waals surface area contributed by atoms with Crippen molar-refractivity contribution < 1.29 is 4.79 Å². The summed E-state index contributed by atoms with van der Waals surface area (Å²) in [6.07, 6.45) is 5.47. The molecule has 1 saturated carbocycles. The molecule has 0 spiro atoms. The number of hydrogen-bond donors (Lipinski definition) is 1. The molecule has 0 saturated heterocycles. The van der Waals surface area contributed by atoms with Gasteiger partial charge in [-0.1, -0.05) is 54.1 Å². The van der Waals surface area contributed by atoms with Crippen molar-refractivity contribution in [1.29, 1.82) is 0 Å². The van der Waals surface area contributed by atoms with Crippen LogP contribution in [-0.4, -0.2) is 20.0 Å². The van der Waals surface area contributed by atoms with Gasteiger partial charge in [-0.25, -0.2) is 4.98 Å². The lowest BCUT2D eigenvalue weighted by molar-refractivity contribution is -0.121. The third-order valence-corrected chi connectivity index (χ3v) is 5.79. The van der Waals surface area contributed by atoms with E-state index in [1.54, 1.807) is 27.6 Å². The Kier molecular flexibility index (Phi) is 5.08. The van der Waals surface area contributed by atoms with E-state index in [4.69, 9.17) is 11.6 Å². The van der Waals surface area contributed by atoms with Gasteiger partial charge in [0.25, 0.3) is 5.56 Å². The van der Waals surface area contributed by atoms with E-state index in [9.17, 15) is 9.59 Å². The normalized spacial score (nSPS) is 13.5. The van der Waals surface area contributed by atoms with Crippen molar-refractivity contribution in [3.63, 3.8) is 0 Å². The molecule has 0 unspecified atom stereocenters. The summed E-state index contributed by atoms with van der Waals surface area (Å²) >= 11 is 5.92. The molecule has 1 fully saturated rings. The summed E-state index contributed by atoms with van der Waals surface area (Å²) in [6.45, 7) is 0.438. The number of benzene rings is 2. The van der Waals surface area contributed by atoms with Gasteiger partial charge in [-0.15, -0.1) is 0 Å². The first kappa shape index (κ1) is 19.6. The first-order chi connectivity index (χ1) is 15.1. The zero-order valence-corrected chi connectivity index (χ0v) is 17.5. The van der Waals surface area contributed by atoms with E-state index in [1.165, 1.54) is 0 Å². The molecule has 1 aliphatic rings. The van der Waals surface area contributed by atoms with Crippen LogP contribution < -0.4 is 10.9 Å². The lowest BCUT2D eigenvalue weighted by Crippen LogP contribution is -2.28. The van der Waals surface area contributed by atoms with Crippen molar-refractivity contribution in [2.24, 2.45) is 0 Å². The lowest BCUT2D eigenvalue weighted by atomic mass is 10.1. The first-order valence-electron chi connectivity index (χ1n) is 10.3. The molecular weight excluding hydrogens is 412 g/mol. The largest absolute Gasteiger partial charge is 0.350 e. The van der Waals surface area contributed by atoms with Crippen molar-refractivity contribution in [2.75, 3.05) is 0 Å². The second-order valence-electron chi connectivity index (χ2n) is 7.83. The fraction of sp³-hybridized carbons (Fsp3) is 0.208. The SMILES string of the molecule is O=C(Cn1cc(-c2ccccc2)c2ncn(C3CC3)c(=O)c21)NCc1ccc(Cl)cc1. The minimum Gasteiger partial charge on any atom is -0.350 e. The average molecular weight is 433 g/mol. The molecule has 0 aliphatic heterocycles. The van der Waals surface area contributed by atoms with Gasteiger partial charge in [0.1, 0.15) is 17.6 Å². The van der Waals surface area contributed by atoms with Gasteiger partial charge in [0, 0.05) is 29.4 Å². The summed E-state index contributed by atoms with van der Waals surface area (Å²) in [5.41, 5.74) is 3.76. The third-order valence-electron chi connectivity index (χ3n) is 5.54. The van der Waals surface area contributed by atoms with Crippen LogP contribution in [-0.2, 0) is 17.9 Å². The minimum atomic E-state index is -0.173. The number of nitrogens with zero attached hydrogens (tertiary/aromatic N) is 3. The van der Waals surface area contributed by atoms with Gasteiger partial charge in [-0.3, -0.25) is 14.2 Å². The summed E-state index contributed by atoms with van der Waals surface area (Å²) in [4.78, 5) is 30.5. The van der Waals surface area contributed by atoms with Gasteiger partial charge in [-0.05, 0) is 36.1 Å². The molecule has 2 heterocycles. The molecule has 2 aromatic carbocycles. The Labute approximate surface area is 184 Å². The molecule has 2 aromatic heterocycles. The molecule has 1 N–H and O–H groups in total. The van der Waals surface area contributed by atoms with Crippen molar-refractivity contribution in [3.8, 4) is 11.1 Å². The summed E-state index contributed by atoms with van der Waals surface area (Å²) in [5.74, 6) is -0.173. The van der Waals surface area contributed by atoms with E-state index < -0.39 is 0 Å². The Morgan fingerprint density at radius 2 is 1.84 bits per heavy atom. The molecule has 4 aromatic rings. The molecule has 0 radical (unpaired) electrons. The second-order valence-corrected chi connectivity index (χ2v) is 8.26. The van der Waals surface area contributed by atoms with E-state index in [0.29, 0.717) is 22.6 Å². The Morgan fingerprint density at radius 3 is 2.55 bits per heavy atom. The Hall–Kier alpha value is -3.38. The van der Waals surface area contributed by atoms with Crippen LogP contribution in [0.4, 0.5) is 0 Å². The molecule has 1 amide bonds. The number of amides is 1. The zero-order valence-electron chi connectivity index (χ0n) is 16.8. The Balaban J connectivity index is 1.48. The van der Waals surface area contributed by atoms with E-state index in [0.717, 1.165) is 29.5 Å². The molecule has 7 heteroatoms. The van der Waals surface area contributed by atoms with Gasteiger partial charge < -0.3 is 9.88 Å². The first-order valence-corrected chi connectivity index (χ1v) is 10.6. The van der Waals surface area contributed by atoms with E-state index in [-0.39, 0.29) is 24.1 Å². The Bertz CT molecular complexity index is 1310. The fourth-order valence-corrected chi connectivity index (χ4v) is 3.90. The molecule has 0 atom stereocenters. The average Bonchev–Trinajstić information content (AvgIpc) is 3.56. The number of carbonyl (C=O) groups is 1. The number of carbonyl (C=O) groups excluding carboxylic acids is 1. The van der Waals surface area contributed by atoms with Gasteiger partial charge in [-0.2, -0.15) is 0 Å². The second kappa shape index (κ2) is 8.04. The molecule has 156 valence electrons. The lowest BCUT2D eigenvalue weighted by Gasteiger charge is -2.08. The van der Waals surface area contributed by atoms with Gasteiger partial charge >= 0.3 is 0 Å². The number of aromatic nitrogens is 3. The van der Waals surface area contributed by atoms with Crippen LogP contribution in [0.25, 0.3) is 22.2 Å². The highest BCUT2D eigenvalue weighted by molar-refractivity contribution is 6.30. The highest BCUT2D eigenvalue weighted by Gasteiger charge is 2.27. The van der Waals surface area contributed by atoms with Crippen LogP contribution in [0.2, 0.25) is 5.02 Å². The van der Waals surface area contributed by atoms with Crippen LogP contribution in [0.5, 0.6) is 0 Å². The fourth-order valence-electron chi connectivity index (χ4n) is 3.77. The summed E-state index contributed by atoms with van der Waals surface area (Å²) in [5, 5.41) is 3.57. The molecule has 5 rings (SSSR count). The predicted octanol–water partition coefficient (Wildman–Crippen LogP) is 4.17. The smallest absolute Gasteiger partial charge is 0.278 e. The maximum absolute atomic E-state index is 13.2. The van der Waals surface area contributed by atoms with Crippen molar-refractivity contribution in [1.82, 2.24) is 19.4 Å². The highest BCUT2D eigenvalue weighted by atomic mass is 35.5.